The summed E-state index contributed by atoms with van der Waals surface area (Å²) in [5.41, 5.74) is -0.896. The first kappa shape index (κ1) is 15.6. The Morgan fingerprint density at radius 2 is 1.86 bits per heavy atom. The topological polar surface area (TPSA) is 37.3 Å². The lowest BCUT2D eigenvalue weighted by Gasteiger charge is -2.12. The monoisotopic (exact) mass is 358 g/mol. The molecule has 2 aromatic rings. The zero-order valence-corrected chi connectivity index (χ0v) is 12.2. The van der Waals surface area contributed by atoms with Crippen molar-refractivity contribution < 1.29 is 23.1 Å². The van der Waals surface area contributed by atoms with Crippen LogP contribution in [0.4, 0.5) is 13.2 Å². The van der Waals surface area contributed by atoms with E-state index in [1.54, 1.807) is 6.07 Å². The number of aromatic hydroxyl groups is 1. The number of alkyl halides is 3. The van der Waals surface area contributed by atoms with Gasteiger partial charge in [0.1, 0.15) is 5.75 Å². The fourth-order valence-corrected chi connectivity index (χ4v) is 2.30. The first-order valence-electron chi connectivity index (χ1n) is 5.95. The number of ketones is 1. The average Bonchev–Trinajstić information content (AvgIpc) is 2.37. The van der Waals surface area contributed by atoms with Gasteiger partial charge in [-0.25, -0.2) is 0 Å². The highest BCUT2D eigenvalue weighted by molar-refractivity contribution is 9.10. The van der Waals surface area contributed by atoms with Gasteiger partial charge >= 0.3 is 6.18 Å². The summed E-state index contributed by atoms with van der Waals surface area (Å²) in [5.74, 6) is -0.687. The molecule has 2 nitrogen and oxygen atoms in total. The minimum Gasteiger partial charge on any atom is -0.508 e. The number of phenolic OH excluding ortho intramolecular Hbond substituents is 1. The summed E-state index contributed by atoms with van der Waals surface area (Å²) in [4.78, 5) is 12.1. The van der Waals surface area contributed by atoms with Crippen molar-refractivity contribution in [1.29, 1.82) is 0 Å². The summed E-state index contributed by atoms with van der Waals surface area (Å²) < 4.78 is 39.2. The van der Waals surface area contributed by atoms with Gasteiger partial charge in [0, 0.05) is 16.5 Å². The van der Waals surface area contributed by atoms with Crippen molar-refractivity contribution >= 4 is 21.7 Å². The number of carbonyl (C=O) groups is 1. The fraction of sp³-hybridized carbons (Fsp3) is 0.133. The van der Waals surface area contributed by atoms with Crippen LogP contribution in [-0.4, -0.2) is 10.9 Å². The highest BCUT2D eigenvalue weighted by Gasteiger charge is 2.35. The Labute approximate surface area is 127 Å². The third-order valence-corrected chi connectivity index (χ3v) is 3.36. The average molecular weight is 359 g/mol. The van der Waals surface area contributed by atoms with Gasteiger partial charge in [-0.15, -0.1) is 0 Å². The first-order valence-corrected chi connectivity index (χ1v) is 6.74. The van der Waals surface area contributed by atoms with Gasteiger partial charge in [0.2, 0.25) is 0 Å². The number of halogens is 4. The SMILES string of the molecule is O=C(Cc1cccc(O)c1)c1ccc(Br)cc1C(F)(F)F. The van der Waals surface area contributed by atoms with Crippen LogP contribution in [-0.2, 0) is 12.6 Å². The van der Waals surface area contributed by atoms with Gasteiger partial charge in [-0.2, -0.15) is 13.2 Å². The molecule has 6 heteroatoms. The molecule has 0 aliphatic heterocycles. The molecule has 0 heterocycles. The maximum Gasteiger partial charge on any atom is 0.417 e. The zero-order valence-electron chi connectivity index (χ0n) is 10.6. The Hall–Kier alpha value is -1.82. The molecule has 0 atom stereocenters. The van der Waals surface area contributed by atoms with Crippen molar-refractivity contribution in [3.63, 3.8) is 0 Å². The Morgan fingerprint density at radius 1 is 1.14 bits per heavy atom. The third-order valence-electron chi connectivity index (χ3n) is 2.86. The minimum atomic E-state index is -4.60. The molecule has 21 heavy (non-hydrogen) atoms. The summed E-state index contributed by atoms with van der Waals surface area (Å²) in [6.07, 6.45) is -4.81. The van der Waals surface area contributed by atoms with E-state index in [4.69, 9.17) is 0 Å². The fourth-order valence-electron chi connectivity index (χ4n) is 1.94. The van der Waals surface area contributed by atoms with E-state index in [1.807, 2.05) is 0 Å². The summed E-state index contributed by atoms with van der Waals surface area (Å²) in [7, 11) is 0. The van der Waals surface area contributed by atoms with E-state index in [0.29, 0.717) is 5.56 Å². The van der Waals surface area contributed by atoms with Crippen molar-refractivity contribution in [3.05, 3.63) is 63.6 Å². The molecule has 110 valence electrons. The molecule has 0 bridgehead atoms. The van der Waals surface area contributed by atoms with Crippen molar-refractivity contribution in [2.75, 3.05) is 0 Å². The predicted molar refractivity (Wildman–Crippen MR) is 75.3 cm³/mol. The Kier molecular flexibility index (Phi) is 4.37. The highest BCUT2D eigenvalue weighted by Crippen LogP contribution is 2.34. The molecule has 0 amide bonds. The van der Waals surface area contributed by atoms with Gasteiger partial charge < -0.3 is 5.11 Å². The van der Waals surface area contributed by atoms with Crippen LogP contribution in [0.1, 0.15) is 21.5 Å². The van der Waals surface area contributed by atoms with Crippen LogP contribution in [0.5, 0.6) is 5.75 Å². The second-order valence-corrected chi connectivity index (χ2v) is 5.37. The van der Waals surface area contributed by atoms with E-state index >= 15 is 0 Å². The molecule has 0 unspecified atom stereocenters. The number of benzene rings is 2. The first-order chi connectivity index (χ1) is 9.77. The Bertz CT molecular complexity index is 681. The van der Waals surface area contributed by atoms with E-state index in [0.717, 1.165) is 12.1 Å². The van der Waals surface area contributed by atoms with E-state index in [2.05, 4.69) is 15.9 Å². The number of phenols is 1. The van der Waals surface area contributed by atoms with Gasteiger partial charge in [-0.1, -0.05) is 28.1 Å². The summed E-state index contributed by atoms with van der Waals surface area (Å²) >= 11 is 2.97. The maximum absolute atomic E-state index is 13.0. The number of Topliss-reactive ketones (excluding diaryl/α,β-unsaturated/α-hetero) is 1. The number of carbonyl (C=O) groups excluding carboxylic acids is 1. The number of rotatable bonds is 3. The number of hydrogen-bond donors (Lipinski definition) is 1. The maximum atomic E-state index is 13.0. The van der Waals surface area contributed by atoms with Crippen molar-refractivity contribution in [2.24, 2.45) is 0 Å². The van der Waals surface area contributed by atoms with Gasteiger partial charge in [-0.3, -0.25) is 4.79 Å². The Balaban J connectivity index is 2.35. The van der Waals surface area contributed by atoms with Crippen molar-refractivity contribution in [3.8, 4) is 5.75 Å². The van der Waals surface area contributed by atoms with Crippen molar-refractivity contribution in [2.45, 2.75) is 12.6 Å². The van der Waals surface area contributed by atoms with Crippen LogP contribution >= 0.6 is 15.9 Å². The lowest BCUT2D eigenvalue weighted by molar-refractivity contribution is -0.138. The number of hydrogen-bond acceptors (Lipinski definition) is 2. The van der Waals surface area contributed by atoms with Crippen LogP contribution in [0.15, 0.2) is 46.9 Å². The molecule has 0 spiro atoms. The van der Waals surface area contributed by atoms with Crippen molar-refractivity contribution in [1.82, 2.24) is 0 Å². The van der Waals surface area contributed by atoms with Gasteiger partial charge in [-0.05, 0) is 35.9 Å². The molecule has 0 aliphatic carbocycles. The third kappa shape index (κ3) is 3.85. The molecule has 0 fully saturated rings. The van der Waals surface area contributed by atoms with Gasteiger partial charge in [0.25, 0.3) is 0 Å². The predicted octanol–water partition coefficient (Wildman–Crippen LogP) is 4.60. The molecule has 0 saturated carbocycles. The Morgan fingerprint density at radius 3 is 2.48 bits per heavy atom. The summed E-state index contributed by atoms with van der Waals surface area (Å²) in [5, 5.41) is 9.32. The lowest BCUT2D eigenvalue weighted by atomic mass is 9.98. The molecule has 0 aliphatic rings. The zero-order chi connectivity index (χ0) is 15.6. The molecular weight excluding hydrogens is 349 g/mol. The summed E-state index contributed by atoms with van der Waals surface area (Å²) in [6.45, 7) is 0. The van der Waals surface area contributed by atoms with E-state index in [-0.39, 0.29) is 22.2 Å². The van der Waals surface area contributed by atoms with Crippen LogP contribution in [0.25, 0.3) is 0 Å². The van der Waals surface area contributed by atoms with Crippen LogP contribution in [0, 0.1) is 0 Å². The van der Waals surface area contributed by atoms with E-state index in [9.17, 15) is 23.1 Å². The molecule has 0 saturated heterocycles. The van der Waals surface area contributed by atoms with Crippen LogP contribution in [0.3, 0.4) is 0 Å². The molecule has 2 rings (SSSR count). The van der Waals surface area contributed by atoms with E-state index in [1.165, 1.54) is 24.3 Å². The quantitative estimate of drug-likeness (QED) is 0.814. The second kappa shape index (κ2) is 5.89. The van der Waals surface area contributed by atoms with Gasteiger partial charge in [0.15, 0.2) is 5.78 Å². The lowest BCUT2D eigenvalue weighted by Crippen LogP contribution is -2.14. The normalized spacial score (nSPS) is 11.4. The molecule has 2 aromatic carbocycles. The van der Waals surface area contributed by atoms with Crippen LogP contribution in [0.2, 0.25) is 0 Å². The molecule has 0 radical (unpaired) electrons. The minimum absolute atomic E-state index is 0.0350. The second-order valence-electron chi connectivity index (χ2n) is 4.46. The highest BCUT2D eigenvalue weighted by atomic mass is 79.9. The largest absolute Gasteiger partial charge is 0.508 e. The molecule has 1 N–H and O–H groups in total. The van der Waals surface area contributed by atoms with Gasteiger partial charge in [0.05, 0.1) is 5.56 Å². The van der Waals surface area contributed by atoms with E-state index < -0.39 is 17.5 Å². The standard InChI is InChI=1S/C15H10BrF3O2/c16-10-4-5-12(13(8-10)15(17,18)19)14(21)7-9-2-1-3-11(20)6-9/h1-6,8,20H,7H2. The smallest absolute Gasteiger partial charge is 0.417 e. The van der Waals surface area contributed by atoms with Crippen LogP contribution < -0.4 is 0 Å². The molecule has 0 aromatic heterocycles. The summed E-state index contributed by atoms with van der Waals surface area (Å²) in [6, 6.07) is 9.31. The molecular formula is C15H10BrF3O2.